The zero-order chi connectivity index (χ0) is 56.9. The van der Waals surface area contributed by atoms with E-state index >= 15 is 0 Å². The number of rotatable bonds is 22. The van der Waals surface area contributed by atoms with Crippen LogP contribution in [0.2, 0.25) is 0 Å². The van der Waals surface area contributed by atoms with Crippen LogP contribution in [0.5, 0.6) is 0 Å². The lowest BCUT2D eigenvalue weighted by Crippen LogP contribution is -2.26. The van der Waals surface area contributed by atoms with Gasteiger partial charge in [0.1, 0.15) is 0 Å². The van der Waals surface area contributed by atoms with Gasteiger partial charge in [0.2, 0.25) is 0 Å². The Labute approximate surface area is 461 Å². The van der Waals surface area contributed by atoms with Crippen molar-refractivity contribution in [1.29, 1.82) is 0 Å². The predicted octanol–water partition coefficient (Wildman–Crippen LogP) is 16.0. The van der Waals surface area contributed by atoms with E-state index in [2.05, 4.69) is 152 Å². The van der Waals surface area contributed by atoms with E-state index in [-0.39, 0.29) is 29.6 Å². The number of aromatic nitrogens is 2. The number of esters is 1. The first-order valence-electron chi connectivity index (χ1n) is 28.0. The lowest BCUT2D eigenvalue weighted by atomic mass is 9.69. The molecular weight excluding hydrogens is 953 g/mol. The van der Waals surface area contributed by atoms with E-state index in [4.69, 9.17) is 4.74 Å². The van der Waals surface area contributed by atoms with E-state index in [9.17, 15) is 24.9 Å². The van der Waals surface area contributed by atoms with Crippen LogP contribution in [-0.2, 0) is 38.0 Å². The van der Waals surface area contributed by atoms with E-state index in [0.29, 0.717) is 31.2 Å². The second-order valence-electron chi connectivity index (χ2n) is 21.5. The Hall–Kier alpha value is -6.48. The van der Waals surface area contributed by atoms with Gasteiger partial charge in [0.25, 0.3) is 0 Å². The van der Waals surface area contributed by atoms with Crippen LogP contribution in [-0.4, -0.2) is 55.5 Å². The number of ether oxygens (including phenoxy) is 1. The van der Waals surface area contributed by atoms with Crippen molar-refractivity contribution in [2.45, 2.75) is 183 Å². The summed E-state index contributed by atoms with van der Waals surface area (Å²) in [6.45, 7) is 30.0. The predicted molar refractivity (Wildman–Crippen MR) is 320 cm³/mol. The minimum Gasteiger partial charge on any atom is -0.481 e. The average Bonchev–Trinajstić information content (AvgIpc) is 3.43. The Kier molecular flexibility index (Phi) is 21.3. The van der Waals surface area contributed by atoms with Crippen molar-refractivity contribution >= 4 is 24.1 Å². The molecular formula is C69H88N2O6. The molecule has 0 fully saturated rings. The minimum absolute atomic E-state index is 0.0352. The smallest absolute Gasteiger partial charge is 0.310 e. The number of aliphatic carboxylic acids is 1. The second kappa shape index (κ2) is 26.7. The fraction of sp³-hybridized carbons (Fsp3) is 0.420. The maximum atomic E-state index is 11.8. The Balaban J connectivity index is 0.000000284. The molecule has 3 N–H and O–H groups in total. The normalized spacial score (nSPS) is 12.3. The number of hydrogen-bond donors (Lipinski definition) is 3. The van der Waals surface area contributed by atoms with Crippen LogP contribution < -0.4 is 0 Å². The molecule has 0 spiro atoms. The number of pyridine rings is 2. The van der Waals surface area contributed by atoms with E-state index < -0.39 is 17.2 Å². The number of nitrogens with zero attached hydrogens (tertiary/aromatic N) is 2. The molecule has 0 aliphatic carbocycles. The van der Waals surface area contributed by atoms with Crippen LogP contribution in [0.3, 0.4) is 0 Å². The summed E-state index contributed by atoms with van der Waals surface area (Å²) in [5.41, 5.74) is 18.7. The molecule has 77 heavy (non-hydrogen) atoms. The summed E-state index contributed by atoms with van der Waals surface area (Å²) in [4.78, 5) is 31.8. The Morgan fingerprint density at radius 1 is 0.468 bits per heavy atom. The van der Waals surface area contributed by atoms with Crippen molar-refractivity contribution in [3.05, 3.63) is 188 Å². The van der Waals surface area contributed by atoms with Crippen molar-refractivity contribution in [2.75, 3.05) is 7.11 Å². The molecule has 410 valence electrons. The second-order valence-corrected chi connectivity index (χ2v) is 21.5. The standard InChI is InChI=1S/C35H45NO3.C34H43NO3/c1-9-34(38,10-2)16-15-28-13-14-30(17-24(28)5)35(11-3,12-4)31-18-25(6)33(26(7)19-31)29-20-27(22-36-23-29)21-32(37)39-8;1-8-33(38,9-2)15-14-27-12-13-29(16-23(27)5)34(10-3,11-4)30-17-24(6)32(25(7)18-30)28-19-26(20-31(36)37)21-35-22-28/h13-20,22-23,38H,9-12,21H2,1-8H3;12-19,21-22,38H,8-11,20H2,1-7H3,(H,36,37)/b16-15+;15-14+. The first kappa shape index (κ1) is 61.4. The van der Waals surface area contributed by atoms with Gasteiger partial charge in [-0.05, 0) is 194 Å². The summed E-state index contributed by atoms with van der Waals surface area (Å²) < 4.78 is 4.84. The quantitative estimate of drug-likeness (QED) is 0.0573. The lowest BCUT2D eigenvalue weighted by molar-refractivity contribution is -0.140. The first-order chi connectivity index (χ1) is 36.6. The van der Waals surface area contributed by atoms with Gasteiger partial charge in [-0.15, -0.1) is 0 Å². The fourth-order valence-electron chi connectivity index (χ4n) is 11.5. The summed E-state index contributed by atoms with van der Waals surface area (Å²) in [7, 11) is 1.41. The summed E-state index contributed by atoms with van der Waals surface area (Å²) >= 11 is 0. The molecule has 0 amide bonds. The van der Waals surface area contributed by atoms with Crippen molar-refractivity contribution < 1.29 is 29.6 Å². The highest BCUT2D eigenvalue weighted by atomic mass is 16.5. The van der Waals surface area contributed by atoms with E-state index in [1.54, 1.807) is 12.4 Å². The number of carbonyl (C=O) groups excluding carboxylic acids is 1. The first-order valence-corrected chi connectivity index (χ1v) is 28.0. The van der Waals surface area contributed by atoms with Crippen LogP contribution in [0.4, 0.5) is 0 Å². The molecule has 2 heterocycles. The molecule has 2 aromatic heterocycles. The molecule has 0 radical (unpaired) electrons. The van der Waals surface area contributed by atoms with Crippen molar-refractivity contribution in [3.63, 3.8) is 0 Å². The number of carboxylic acids is 1. The molecule has 0 aliphatic rings. The Morgan fingerprint density at radius 2 is 0.805 bits per heavy atom. The summed E-state index contributed by atoms with van der Waals surface area (Å²) in [5, 5.41) is 30.6. The monoisotopic (exact) mass is 1040 g/mol. The zero-order valence-corrected chi connectivity index (χ0v) is 49.1. The number of benzene rings is 4. The molecule has 0 saturated heterocycles. The Morgan fingerprint density at radius 3 is 1.10 bits per heavy atom. The maximum absolute atomic E-state index is 11.8. The third-order valence-corrected chi connectivity index (χ3v) is 16.9. The third-order valence-electron chi connectivity index (χ3n) is 16.9. The van der Waals surface area contributed by atoms with Gasteiger partial charge in [0.15, 0.2) is 0 Å². The SMILES string of the molecule is CCC(O)(/C=C/c1ccc(C(CC)(CC)c2cc(C)c(-c3cncc(CC(=O)O)c3)c(C)c2)cc1C)CC.CCC(O)(/C=C/c1ccc(C(CC)(CC)c2cc(C)c(-c3cncc(CC(=O)OC)c3)c(C)c2)cc1C)CC. The number of aliphatic hydroxyl groups is 2. The molecule has 6 rings (SSSR count). The molecule has 8 nitrogen and oxygen atoms in total. The van der Waals surface area contributed by atoms with Gasteiger partial charge in [-0.3, -0.25) is 19.6 Å². The molecule has 6 aromatic rings. The zero-order valence-electron chi connectivity index (χ0n) is 49.1. The van der Waals surface area contributed by atoms with Crippen LogP contribution in [0.15, 0.2) is 110 Å². The lowest BCUT2D eigenvalue weighted by Gasteiger charge is -2.35. The van der Waals surface area contributed by atoms with Crippen molar-refractivity contribution in [2.24, 2.45) is 0 Å². The van der Waals surface area contributed by atoms with Crippen LogP contribution in [0.25, 0.3) is 34.4 Å². The summed E-state index contributed by atoms with van der Waals surface area (Å²) in [5.74, 6) is -1.12. The third kappa shape index (κ3) is 14.2. The van der Waals surface area contributed by atoms with Crippen molar-refractivity contribution in [3.8, 4) is 22.3 Å². The highest BCUT2D eigenvalue weighted by molar-refractivity contribution is 5.76. The average molecular weight is 1040 g/mol. The molecule has 8 heteroatoms. The molecule has 0 unspecified atom stereocenters. The molecule has 0 saturated carbocycles. The van der Waals surface area contributed by atoms with Crippen LogP contribution >= 0.6 is 0 Å². The topological polar surface area (TPSA) is 130 Å². The van der Waals surface area contributed by atoms with Crippen molar-refractivity contribution in [1.82, 2.24) is 9.97 Å². The van der Waals surface area contributed by atoms with Gasteiger partial charge in [-0.25, -0.2) is 0 Å². The maximum Gasteiger partial charge on any atom is 0.310 e. The number of aryl methyl sites for hydroxylation is 6. The minimum atomic E-state index is -0.855. The van der Waals surface area contributed by atoms with Gasteiger partial charge >= 0.3 is 11.9 Å². The fourth-order valence-corrected chi connectivity index (χ4v) is 11.5. The van der Waals surface area contributed by atoms with Gasteiger partial charge in [-0.1, -0.05) is 140 Å². The van der Waals surface area contributed by atoms with Gasteiger partial charge < -0.3 is 20.1 Å². The van der Waals surface area contributed by atoms with Crippen LogP contribution in [0.1, 0.15) is 185 Å². The Bertz CT molecular complexity index is 3010. The molecule has 0 atom stereocenters. The van der Waals surface area contributed by atoms with Gasteiger partial charge in [0.05, 0.1) is 31.2 Å². The van der Waals surface area contributed by atoms with Gasteiger partial charge in [0, 0.05) is 46.7 Å². The molecule has 0 aliphatic heterocycles. The number of carboxylic acid groups (broad SMARTS) is 1. The van der Waals surface area contributed by atoms with E-state index in [1.807, 2.05) is 64.4 Å². The highest BCUT2D eigenvalue weighted by Crippen LogP contribution is 2.44. The summed E-state index contributed by atoms with van der Waals surface area (Å²) in [6.07, 6.45) is 21.9. The van der Waals surface area contributed by atoms with Crippen LogP contribution in [0, 0.1) is 41.5 Å². The molecule has 0 bridgehead atoms. The summed E-state index contributed by atoms with van der Waals surface area (Å²) in [6, 6.07) is 26.7. The van der Waals surface area contributed by atoms with E-state index in [0.717, 1.165) is 75.8 Å². The number of hydrogen-bond acceptors (Lipinski definition) is 7. The highest BCUT2D eigenvalue weighted by Gasteiger charge is 2.34. The number of carbonyl (C=O) groups is 2. The largest absolute Gasteiger partial charge is 0.481 e. The van der Waals surface area contributed by atoms with E-state index in [1.165, 1.54) is 51.6 Å². The molecule has 4 aromatic carbocycles. The van der Waals surface area contributed by atoms with Gasteiger partial charge in [-0.2, -0.15) is 0 Å². The number of methoxy groups -OCH3 is 1.